The van der Waals surface area contributed by atoms with Crippen LogP contribution in [0, 0.1) is 5.92 Å². The number of rotatable bonds is 9. The molecule has 2 heteroatoms. The molecule has 0 unspecified atom stereocenters. The first-order valence-corrected chi connectivity index (χ1v) is 7.35. The Bertz CT molecular complexity index is 142. The van der Waals surface area contributed by atoms with Gasteiger partial charge in [0, 0.05) is 0 Å². The Morgan fingerprint density at radius 2 is 1.56 bits per heavy atom. The summed E-state index contributed by atoms with van der Waals surface area (Å²) in [5.41, 5.74) is 0. The number of hydrogen-bond acceptors (Lipinski definition) is 2. The van der Waals surface area contributed by atoms with E-state index in [1.54, 1.807) is 0 Å². The van der Waals surface area contributed by atoms with E-state index in [1.165, 1.54) is 64.5 Å². The van der Waals surface area contributed by atoms with Crippen molar-refractivity contribution in [2.75, 3.05) is 26.2 Å². The van der Waals surface area contributed by atoms with Gasteiger partial charge in [0.25, 0.3) is 0 Å². The quantitative estimate of drug-likeness (QED) is 0.591. The van der Waals surface area contributed by atoms with Crippen molar-refractivity contribution in [1.82, 2.24) is 10.6 Å². The molecule has 0 aromatic carbocycles. The first-order valence-electron chi connectivity index (χ1n) is 7.35. The Morgan fingerprint density at radius 3 is 2.31 bits per heavy atom. The van der Waals surface area contributed by atoms with Gasteiger partial charge in [0.05, 0.1) is 0 Å². The maximum absolute atomic E-state index is 3.54. The lowest BCUT2D eigenvalue weighted by Gasteiger charge is -2.21. The van der Waals surface area contributed by atoms with E-state index in [-0.39, 0.29) is 0 Å². The predicted octanol–water partition coefficient (Wildman–Crippen LogP) is 2.94. The Balaban J connectivity index is 1.77. The first-order chi connectivity index (χ1) is 7.93. The molecule has 0 radical (unpaired) electrons. The summed E-state index contributed by atoms with van der Waals surface area (Å²) < 4.78 is 0. The molecule has 1 aliphatic carbocycles. The molecule has 1 fully saturated rings. The van der Waals surface area contributed by atoms with E-state index < -0.39 is 0 Å². The van der Waals surface area contributed by atoms with Crippen LogP contribution in [0.2, 0.25) is 0 Å². The molecule has 2 nitrogen and oxygen atoms in total. The molecule has 0 amide bonds. The largest absolute Gasteiger partial charge is 0.317 e. The molecule has 2 N–H and O–H groups in total. The third-order valence-electron chi connectivity index (χ3n) is 3.65. The monoisotopic (exact) mass is 226 g/mol. The fraction of sp³-hybridized carbons (Fsp3) is 1.00. The van der Waals surface area contributed by atoms with Gasteiger partial charge in [-0.2, -0.15) is 0 Å². The van der Waals surface area contributed by atoms with Crippen molar-refractivity contribution in [1.29, 1.82) is 0 Å². The topological polar surface area (TPSA) is 24.1 Å². The molecule has 0 spiro atoms. The van der Waals surface area contributed by atoms with Crippen molar-refractivity contribution < 1.29 is 0 Å². The summed E-state index contributed by atoms with van der Waals surface area (Å²) in [4.78, 5) is 0. The third-order valence-corrected chi connectivity index (χ3v) is 3.65. The predicted molar refractivity (Wildman–Crippen MR) is 71.8 cm³/mol. The van der Waals surface area contributed by atoms with Crippen LogP contribution in [0.5, 0.6) is 0 Å². The molecule has 0 saturated heterocycles. The van der Waals surface area contributed by atoms with Crippen molar-refractivity contribution in [2.45, 2.75) is 58.3 Å². The third kappa shape index (κ3) is 7.24. The summed E-state index contributed by atoms with van der Waals surface area (Å²) in [6.07, 6.45) is 11.6. The number of hydrogen-bond donors (Lipinski definition) is 2. The highest BCUT2D eigenvalue weighted by atomic mass is 14.9. The summed E-state index contributed by atoms with van der Waals surface area (Å²) in [5.74, 6) is 1.05. The van der Waals surface area contributed by atoms with Crippen molar-refractivity contribution in [3.8, 4) is 0 Å². The van der Waals surface area contributed by atoms with Gasteiger partial charge in [-0.25, -0.2) is 0 Å². The molecule has 96 valence electrons. The molecule has 0 aliphatic heterocycles. The average molecular weight is 226 g/mol. The van der Waals surface area contributed by atoms with E-state index >= 15 is 0 Å². The van der Waals surface area contributed by atoms with Gasteiger partial charge in [0.1, 0.15) is 0 Å². The lowest BCUT2D eigenvalue weighted by Crippen LogP contribution is -2.23. The summed E-state index contributed by atoms with van der Waals surface area (Å²) in [7, 11) is 0. The zero-order valence-electron chi connectivity index (χ0n) is 11.1. The normalized spacial score (nSPS) is 17.8. The van der Waals surface area contributed by atoms with E-state index in [0.717, 1.165) is 19.0 Å². The van der Waals surface area contributed by atoms with Gasteiger partial charge in [-0.05, 0) is 51.4 Å². The van der Waals surface area contributed by atoms with E-state index in [0.29, 0.717) is 0 Å². The summed E-state index contributed by atoms with van der Waals surface area (Å²) in [6.45, 7) is 6.83. The molecule has 0 atom stereocenters. The maximum atomic E-state index is 3.54. The highest BCUT2D eigenvalue weighted by molar-refractivity contribution is 4.66. The van der Waals surface area contributed by atoms with Crippen LogP contribution in [0.1, 0.15) is 58.3 Å². The van der Waals surface area contributed by atoms with Crippen LogP contribution in [-0.2, 0) is 0 Å². The fourth-order valence-corrected chi connectivity index (χ4v) is 2.63. The lowest BCUT2D eigenvalue weighted by molar-refractivity contribution is 0.330. The van der Waals surface area contributed by atoms with Crippen molar-refractivity contribution in [3.63, 3.8) is 0 Å². The summed E-state index contributed by atoms with van der Waals surface area (Å²) >= 11 is 0. The Kier molecular flexibility index (Phi) is 8.83. The zero-order valence-corrected chi connectivity index (χ0v) is 11.1. The maximum Gasteiger partial charge on any atom is -0.00368 e. The Labute approximate surface area is 102 Å². The molecular weight excluding hydrogens is 196 g/mol. The van der Waals surface area contributed by atoms with Crippen LogP contribution in [0.25, 0.3) is 0 Å². The van der Waals surface area contributed by atoms with E-state index in [2.05, 4.69) is 17.6 Å². The van der Waals surface area contributed by atoms with Crippen LogP contribution < -0.4 is 10.6 Å². The van der Waals surface area contributed by atoms with E-state index in [1.807, 2.05) is 0 Å². The smallest absolute Gasteiger partial charge is 0.00368 e. The molecule has 0 bridgehead atoms. The van der Waals surface area contributed by atoms with Crippen LogP contribution in [0.4, 0.5) is 0 Å². The second kappa shape index (κ2) is 10.1. The average Bonchev–Trinajstić information content (AvgIpc) is 2.34. The Morgan fingerprint density at radius 1 is 0.875 bits per heavy atom. The van der Waals surface area contributed by atoms with Gasteiger partial charge in [-0.3, -0.25) is 0 Å². The minimum absolute atomic E-state index is 1.05. The highest BCUT2D eigenvalue weighted by Gasteiger charge is 2.12. The van der Waals surface area contributed by atoms with Gasteiger partial charge >= 0.3 is 0 Å². The molecule has 0 aromatic heterocycles. The minimum atomic E-state index is 1.05. The van der Waals surface area contributed by atoms with E-state index in [4.69, 9.17) is 0 Å². The van der Waals surface area contributed by atoms with Crippen LogP contribution in [0.15, 0.2) is 0 Å². The van der Waals surface area contributed by atoms with E-state index in [9.17, 15) is 0 Å². The molecule has 16 heavy (non-hydrogen) atoms. The standard InChI is InChI=1S/C14H30N2/c1-2-15-12-7-13-16-11-6-10-14-8-4-3-5-9-14/h14-16H,2-13H2,1H3. The fourth-order valence-electron chi connectivity index (χ4n) is 2.63. The summed E-state index contributed by atoms with van der Waals surface area (Å²) in [5, 5.41) is 6.89. The van der Waals surface area contributed by atoms with Gasteiger partial charge in [0.15, 0.2) is 0 Å². The van der Waals surface area contributed by atoms with Crippen molar-refractivity contribution in [2.24, 2.45) is 5.92 Å². The second-order valence-corrected chi connectivity index (χ2v) is 5.10. The van der Waals surface area contributed by atoms with Gasteiger partial charge in [0.2, 0.25) is 0 Å². The second-order valence-electron chi connectivity index (χ2n) is 5.10. The van der Waals surface area contributed by atoms with Gasteiger partial charge in [-0.15, -0.1) is 0 Å². The molecule has 0 aromatic rings. The zero-order chi connectivity index (χ0) is 11.5. The SMILES string of the molecule is CCNCCCNCCCC1CCCCC1. The Hall–Kier alpha value is -0.0800. The molecule has 0 heterocycles. The van der Waals surface area contributed by atoms with Gasteiger partial charge in [-0.1, -0.05) is 39.0 Å². The molecular formula is C14H30N2. The van der Waals surface area contributed by atoms with Crippen LogP contribution in [-0.4, -0.2) is 26.2 Å². The summed E-state index contributed by atoms with van der Waals surface area (Å²) in [6, 6.07) is 0. The van der Waals surface area contributed by atoms with Crippen LogP contribution >= 0.6 is 0 Å². The molecule has 1 rings (SSSR count). The van der Waals surface area contributed by atoms with Gasteiger partial charge < -0.3 is 10.6 Å². The molecule has 1 aliphatic rings. The minimum Gasteiger partial charge on any atom is -0.317 e. The van der Waals surface area contributed by atoms with Crippen LogP contribution in [0.3, 0.4) is 0 Å². The van der Waals surface area contributed by atoms with Crippen molar-refractivity contribution >= 4 is 0 Å². The first kappa shape index (κ1) is 14.0. The highest BCUT2D eigenvalue weighted by Crippen LogP contribution is 2.26. The lowest BCUT2D eigenvalue weighted by atomic mass is 9.86. The molecule has 1 saturated carbocycles. The number of nitrogens with one attached hydrogen (secondary N) is 2. The van der Waals surface area contributed by atoms with Crippen molar-refractivity contribution in [3.05, 3.63) is 0 Å².